The molecule has 0 saturated heterocycles. The molecule has 2 amide bonds. The Morgan fingerprint density at radius 1 is 1.04 bits per heavy atom. The van der Waals surface area contributed by atoms with E-state index in [0.717, 1.165) is 0 Å². The normalized spacial score (nSPS) is 9.84. The van der Waals surface area contributed by atoms with Gasteiger partial charge in [0.2, 0.25) is 0 Å². The highest BCUT2D eigenvalue weighted by molar-refractivity contribution is 7.80. The number of hydrazine groups is 1. The van der Waals surface area contributed by atoms with E-state index in [9.17, 15) is 9.59 Å². The molecule has 0 atom stereocenters. The molecule has 25 heavy (non-hydrogen) atoms. The van der Waals surface area contributed by atoms with Gasteiger partial charge in [-0.1, -0.05) is 23.2 Å². The third kappa shape index (κ3) is 6.54. The predicted octanol–water partition coefficient (Wildman–Crippen LogP) is 2.14. The van der Waals surface area contributed by atoms with Crippen molar-refractivity contribution in [1.82, 2.24) is 21.2 Å². The maximum Gasteiger partial charge on any atom is 0.270 e. The van der Waals surface area contributed by atoms with Crippen molar-refractivity contribution in [2.75, 3.05) is 11.9 Å². The molecular weight excluding hydrogens is 385 g/mol. The van der Waals surface area contributed by atoms with E-state index in [4.69, 9.17) is 35.4 Å². The zero-order chi connectivity index (χ0) is 18.2. The van der Waals surface area contributed by atoms with Gasteiger partial charge in [-0.15, -0.1) is 0 Å². The van der Waals surface area contributed by atoms with Gasteiger partial charge in [-0.3, -0.25) is 25.4 Å². The van der Waals surface area contributed by atoms with E-state index in [1.54, 1.807) is 30.3 Å². The number of nitrogens with one attached hydrogen (secondary N) is 4. The van der Waals surface area contributed by atoms with Gasteiger partial charge >= 0.3 is 0 Å². The summed E-state index contributed by atoms with van der Waals surface area (Å²) in [6.07, 6.45) is 1.40. The largest absolute Gasteiger partial charge is 0.342 e. The number of carbonyl (C=O) groups excluding carboxylic acids is 2. The van der Waals surface area contributed by atoms with Gasteiger partial charge in [0.1, 0.15) is 5.69 Å². The van der Waals surface area contributed by atoms with Gasteiger partial charge in [-0.2, -0.15) is 0 Å². The molecule has 1 aromatic carbocycles. The number of aromatic nitrogens is 1. The van der Waals surface area contributed by atoms with Gasteiger partial charge in [-0.05, 0) is 48.6 Å². The molecule has 7 nitrogen and oxygen atoms in total. The first-order valence-corrected chi connectivity index (χ1v) is 8.11. The van der Waals surface area contributed by atoms with Crippen LogP contribution in [0.1, 0.15) is 10.5 Å². The summed E-state index contributed by atoms with van der Waals surface area (Å²) in [5.74, 6) is -1.00. The summed E-state index contributed by atoms with van der Waals surface area (Å²) >= 11 is 16.6. The molecule has 1 heterocycles. The number of amides is 2. The summed E-state index contributed by atoms with van der Waals surface area (Å²) in [4.78, 5) is 27.4. The van der Waals surface area contributed by atoms with Crippen LogP contribution in [0.15, 0.2) is 42.6 Å². The van der Waals surface area contributed by atoms with Gasteiger partial charge in [0.05, 0.1) is 6.54 Å². The van der Waals surface area contributed by atoms with Crippen molar-refractivity contribution in [3.8, 4) is 0 Å². The van der Waals surface area contributed by atoms with E-state index in [1.165, 1.54) is 12.3 Å². The van der Waals surface area contributed by atoms with Gasteiger partial charge in [0, 0.05) is 21.9 Å². The average Bonchev–Trinajstić information content (AvgIpc) is 2.60. The Hall–Kier alpha value is -2.42. The highest BCUT2D eigenvalue weighted by Gasteiger charge is 2.09. The highest BCUT2D eigenvalue weighted by Crippen LogP contribution is 2.13. The lowest BCUT2D eigenvalue weighted by molar-refractivity contribution is -0.120. The fourth-order valence-corrected chi connectivity index (χ4v) is 2.10. The van der Waals surface area contributed by atoms with Gasteiger partial charge in [-0.25, -0.2) is 0 Å². The topological polar surface area (TPSA) is 95.2 Å². The quantitative estimate of drug-likeness (QED) is 0.466. The Labute approximate surface area is 159 Å². The zero-order valence-electron chi connectivity index (χ0n) is 12.7. The summed E-state index contributed by atoms with van der Waals surface area (Å²) in [5, 5.41) is 6.43. The monoisotopic (exact) mass is 397 g/mol. The molecule has 0 bridgehead atoms. The van der Waals surface area contributed by atoms with Crippen LogP contribution in [0.4, 0.5) is 5.69 Å². The van der Waals surface area contributed by atoms with E-state index < -0.39 is 11.8 Å². The second-order valence-corrected chi connectivity index (χ2v) is 5.96. The van der Waals surface area contributed by atoms with Crippen molar-refractivity contribution >= 4 is 58.0 Å². The van der Waals surface area contributed by atoms with Gasteiger partial charge < -0.3 is 10.6 Å². The second kappa shape index (κ2) is 9.16. The lowest BCUT2D eigenvalue weighted by atomic mass is 10.3. The van der Waals surface area contributed by atoms with E-state index in [0.29, 0.717) is 15.7 Å². The summed E-state index contributed by atoms with van der Waals surface area (Å²) in [6, 6.07) is 9.81. The van der Waals surface area contributed by atoms with Crippen LogP contribution in [0.3, 0.4) is 0 Å². The lowest BCUT2D eigenvalue weighted by Gasteiger charge is -2.12. The fourth-order valence-electron chi connectivity index (χ4n) is 1.65. The van der Waals surface area contributed by atoms with Crippen molar-refractivity contribution in [3.05, 3.63) is 58.3 Å². The van der Waals surface area contributed by atoms with Gasteiger partial charge in [0.15, 0.2) is 5.11 Å². The van der Waals surface area contributed by atoms with Crippen LogP contribution in [0, 0.1) is 0 Å². The van der Waals surface area contributed by atoms with E-state index >= 15 is 0 Å². The molecule has 0 aliphatic rings. The number of anilines is 1. The molecular formula is C15H13Cl2N5O2S. The van der Waals surface area contributed by atoms with Crippen LogP contribution in [0.25, 0.3) is 0 Å². The molecule has 130 valence electrons. The first-order valence-electron chi connectivity index (χ1n) is 6.95. The molecule has 1 aromatic heterocycles. The highest BCUT2D eigenvalue weighted by atomic mass is 35.5. The maximum absolute atomic E-state index is 11.8. The van der Waals surface area contributed by atoms with Crippen LogP contribution in [-0.4, -0.2) is 28.5 Å². The number of thiocarbonyl (C=S) groups is 1. The van der Waals surface area contributed by atoms with Crippen LogP contribution >= 0.6 is 35.4 Å². The summed E-state index contributed by atoms with van der Waals surface area (Å²) in [7, 11) is 0. The summed E-state index contributed by atoms with van der Waals surface area (Å²) in [5.41, 5.74) is 5.69. The number of rotatable bonds is 4. The zero-order valence-corrected chi connectivity index (χ0v) is 15.0. The van der Waals surface area contributed by atoms with Crippen molar-refractivity contribution in [1.29, 1.82) is 0 Å². The Bertz CT molecular complexity index is 786. The number of nitrogens with zero attached hydrogens (tertiary/aromatic N) is 1. The van der Waals surface area contributed by atoms with Crippen LogP contribution in [0.5, 0.6) is 0 Å². The van der Waals surface area contributed by atoms with E-state index in [2.05, 4.69) is 26.5 Å². The first-order chi connectivity index (χ1) is 11.9. The number of halogens is 2. The molecule has 10 heteroatoms. The van der Waals surface area contributed by atoms with Crippen LogP contribution in [0.2, 0.25) is 10.0 Å². The number of hydrogen-bond donors (Lipinski definition) is 4. The molecule has 0 radical (unpaired) electrons. The lowest BCUT2D eigenvalue weighted by Crippen LogP contribution is -2.47. The number of pyridine rings is 1. The number of hydrogen-bond acceptors (Lipinski definition) is 4. The van der Waals surface area contributed by atoms with E-state index in [-0.39, 0.29) is 17.4 Å². The molecule has 4 N–H and O–H groups in total. The van der Waals surface area contributed by atoms with Crippen molar-refractivity contribution in [2.24, 2.45) is 0 Å². The SMILES string of the molecule is O=C(CNC(=O)c1cc(Cl)ccn1)NNC(=S)Nc1ccc(Cl)cc1. The standard InChI is InChI=1S/C15H13Cl2N5O2S/c16-9-1-3-11(4-2-9)20-15(25)22-21-13(23)8-19-14(24)12-7-10(17)5-6-18-12/h1-7H,8H2,(H,19,24)(H,21,23)(H2,20,22,25). The summed E-state index contributed by atoms with van der Waals surface area (Å²) < 4.78 is 0. The Kier molecular flexibility index (Phi) is 6.93. The van der Waals surface area contributed by atoms with Crippen LogP contribution in [-0.2, 0) is 4.79 Å². The fraction of sp³-hybridized carbons (Fsp3) is 0.0667. The second-order valence-electron chi connectivity index (χ2n) is 4.68. The molecule has 2 aromatic rings. The molecule has 2 rings (SSSR count). The van der Waals surface area contributed by atoms with Gasteiger partial charge in [0.25, 0.3) is 11.8 Å². The Balaban J connectivity index is 1.72. The summed E-state index contributed by atoms with van der Waals surface area (Å²) in [6.45, 7) is -0.260. The number of benzene rings is 1. The Morgan fingerprint density at radius 2 is 1.76 bits per heavy atom. The molecule has 0 spiro atoms. The van der Waals surface area contributed by atoms with Crippen molar-refractivity contribution in [3.63, 3.8) is 0 Å². The molecule has 0 fully saturated rings. The third-order valence-corrected chi connectivity index (χ3v) is 3.47. The molecule has 0 unspecified atom stereocenters. The number of carbonyl (C=O) groups is 2. The minimum absolute atomic E-state index is 0.119. The minimum atomic E-state index is -0.514. The van der Waals surface area contributed by atoms with Crippen molar-refractivity contribution < 1.29 is 9.59 Å². The minimum Gasteiger partial charge on any atom is -0.342 e. The molecule has 0 aliphatic carbocycles. The smallest absolute Gasteiger partial charge is 0.270 e. The third-order valence-electron chi connectivity index (χ3n) is 2.78. The molecule has 0 saturated carbocycles. The van der Waals surface area contributed by atoms with Crippen LogP contribution < -0.4 is 21.5 Å². The molecule has 0 aliphatic heterocycles. The predicted molar refractivity (Wildman–Crippen MR) is 101 cm³/mol. The Morgan fingerprint density at radius 3 is 2.44 bits per heavy atom. The first kappa shape index (κ1) is 18.9. The average molecular weight is 398 g/mol. The van der Waals surface area contributed by atoms with E-state index in [1.807, 2.05) is 0 Å². The maximum atomic E-state index is 11.8. The van der Waals surface area contributed by atoms with Crippen molar-refractivity contribution in [2.45, 2.75) is 0 Å².